The van der Waals surface area contributed by atoms with Crippen molar-refractivity contribution in [1.82, 2.24) is 9.55 Å². The third-order valence-electron chi connectivity index (χ3n) is 5.60. The molecule has 0 aliphatic rings. The number of aromatic nitrogens is 2. The van der Waals surface area contributed by atoms with Crippen LogP contribution in [0, 0.1) is 25.2 Å². The van der Waals surface area contributed by atoms with Gasteiger partial charge in [-0.15, -0.1) is 0 Å². The molecule has 4 aromatic rings. The number of carbonyl (C=O) groups is 1. The minimum Gasteiger partial charge on any atom is -0.321 e. The van der Waals surface area contributed by atoms with E-state index in [0.717, 1.165) is 40.0 Å². The van der Waals surface area contributed by atoms with Crippen LogP contribution in [0.5, 0.6) is 0 Å². The van der Waals surface area contributed by atoms with E-state index >= 15 is 0 Å². The fraction of sp³-hybridized carbons (Fsp3) is 0.148. The van der Waals surface area contributed by atoms with Gasteiger partial charge in [-0.25, -0.2) is 0 Å². The number of nitrogens with zero attached hydrogens (tertiary/aromatic N) is 3. The fourth-order valence-electron chi connectivity index (χ4n) is 3.86. The van der Waals surface area contributed by atoms with E-state index in [1.807, 2.05) is 74.5 Å². The summed E-state index contributed by atoms with van der Waals surface area (Å²) in [6.07, 6.45) is 4.36. The van der Waals surface area contributed by atoms with Crippen molar-refractivity contribution in [1.29, 1.82) is 5.26 Å². The van der Waals surface area contributed by atoms with E-state index < -0.39 is 5.91 Å². The van der Waals surface area contributed by atoms with Crippen molar-refractivity contribution in [3.63, 3.8) is 0 Å². The largest absolute Gasteiger partial charge is 0.321 e. The van der Waals surface area contributed by atoms with E-state index in [-0.39, 0.29) is 5.57 Å². The zero-order valence-electron chi connectivity index (χ0n) is 18.4. The molecule has 5 heteroatoms. The maximum Gasteiger partial charge on any atom is 0.266 e. The maximum atomic E-state index is 12.7. The molecule has 1 amide bonds. The number of hydrogen-bond donors (Lipinski definition) is 1. The normalized spacial score (nSPS) is 11.4. The number of nitrogens with one attached hydrogen (secondary N) is 1. The van der Waals surface area contributed by atoms with Gasteiger partial charge in [0.15, 0.2) is 0 Å². The fourth-order valence-corrected chi connectivity index (χ4v) is 3.86. The number of carbonyl (C=O) groups excluding carboxylic acids is 1. The molecule has 32 heavy (non-hydrogen) atoms. The number of hydrogen-bond acceptors (Lipinski definition) is 3. The van der Waals surface area contributed by atoms with Crippen LogP contribution in [0.3, 0.4) is 0 Å². The van der Waals surface area contributed by atoms with Crippen molar-refractivity contribution in [2.24, 2.45) is 0 Å². The molecule has 0 saturated heterocycles. The van der Waals surface area contributed by atoms with Crippen LogP contribution < -0.4 is 5.32 Å². The first-order chi connectivity index (χ1) is 15.5. The Morgan fingerprint density at radius 3 is 2.62 bits per heavy atom. The molecule has 0 radical (unpaired) electrons. The quantitative estimate of drug-likeness (QED) is 0.330. The highest BCUT2D eigenvalue weighted by Crippen LogP contribution is 2.25. The molecule has 0 unspecified atom stereocenters. The van der Waals surface area contributed by atoms with Gasteiger partial charge in [0, 0.05) is 34.3 Å². The number of fused-ring (bicyclic) bond motifs is 1. The number of anilines is 1. The number of rotatable bonds is 5. The number of pyridine rings is 1. The summed E-state index contributed by atoms with van der Waals surface area (Å²) in [6.45, 7) is 6.08. The monoisotopic (exact) mass is 420 g/mol. The summed E-state index contributed by atoms with van der Waals surface area (Å²) in [5.74, 6) is -0.418. The number of aryl methyl sites for hydroxylation is 2. The van der Waals surface area contributed by atoms with Crippen LogP contribution in [-0.2, 0) is 11.2 Å². The van der Waals surface area contributed by atoms with E-state index in [2.05, 4.69) is 27.9 Å². The second kappa shape index (κ2) is 8.91. The van der Waals surface area contributed by atoms with Crippen molar-refractivity contribution in [2.45, 2.75) is 27.2 Å². The highest BCUT2D eigenvalue weighted by atomic mass is 16.1. The van der Waals surface area contributed by atoms with E-state index in [9.17, 15) is 10.1 Å². The summed E-state index contributed by atoms with van der Waals surface area (Å²) in [5.41, 5.74) is 6.69. The van der Waals surface area contributed by atoms with Gasteiger partial charge in [-0.2, -0.15) is 5.26 Å². The lowest BCUT2D eigenvalue weighted by molar-refractivity contribution is -0.112. The first kappa shape index (κ1) is 21.1. The van der Waals surface area contributed by atoms with Crippen molar-refractivity contribution in [2.75, 3.05) is 5.32 Å². The van der Waals surface area contributed by atoms with Crippen LogP contribution >= 0.6 is 0 Å². The number of amides is 1. The van der Waals surface area contributed by atoms with E-state index in [1.54, 1.807) is 12.3 Å². The summed E-state index contributed by atoms with van der Waals surface area (Å²) in [5, 5.41) is 13.5. The molecule has 0 spiro atoms. The van der Waals surface area contributed by atoms with Crippen LogP contribution in [0.15, 0.2) is 72.4 Å². The molecule has 0 saturated carbocycles. The Kier molecular flexibility index (Phi) is 5.87. The van der Waals surface area contributed by atoms with Crippen molar-refractivity contribution in [3.8, 4) is 11.8 Å². The third kappa shape index (κ3) is 4.17. The molecule has 4 rings (SSSR count). The van der Waals surface area contributed by atoms with Gasteiger partial charge in [0.25, 0.3) is 5.91 Å². The van der Waals surface area contributed by atoms with Gasteiger partial charge in [0.05, 0.1) is 5.52 Å². The lowest BCUT2D eigenvalue weighted by atomic mass is 10.1. The van der Waals surface area contributed by atoms with Gasteiger partial charge in [0.2, 0.25) is 0 Å². The van der Waals surface area contributed by atoms with Crippen LogP contribution in [-0.4, -0.2) is 15.5 Å². The lowest BCUT2D eigenvalue weighted by Crippen LogP contribution is -2.13. The zero-order chi connectivity index (χ0) is 22.7. The van der Waals surface area contributed by atoms with Gasteiger partial charge in [-0.05, 0) is 79.9 Å². The summed E-state index contributed by atoms with van der Waals surface area (Å²) in [6, 6.07) is 21.8. The van der Waals surface area contributed by atoms with Gasteiger partial charge in [-0.1, -0.05) is 25.1 Å². The third-order valence-corrected chi connectivity index (χ3v) is 5.60. The number of benzene rings is 2. The zero-order valence-corrected chi connectivity index (χ0v) is 18.4. The van der Waals surface area contributed by atoms with E-state index in [4.69, 9.17) is 0 Å². The molecule has 2 heterocycles. The molecule has 1 N–H and O–H groups in total. The van der Waals surface area contributed by atoms with Crippen LogP contribution in [0.4, 0.5) is 5.69 Å². The Hall–Kier alpha value is -4.17. The van der Waals surface area contributed by atoms with Crippen LogP contribution in [0.2, 0.25) is 0 Å². The minimum atomic E-state index is -0.418. The summed E-state index contributed by atoms with van der Waals surface area (Å²) in [7, 11) is 0. The smallest absolute Gasteiger partial charge is 0.266 e. The predicted molar refractivity (Wildman–Crippen MR) is 129 cm³/mol. The first-order valence-corrected chi connectivity index (χ1v) is 10.6. The molecular weight excluding hydrogens is 396 g/mol. The number of nitriles is 1. The molecule has 2 aromatic heterocycles. The predicted octanol–water partition coefficient (Wildman–Crippen LogP) is 5.75. The Bertz CT molecular complexity index is 1370. The second-order valence-corrected chi connectivity index (χ2v) is 7.72. The molecular formula is C27H24N4O. The van der Waals surface area contributed by atoms with Gasteiger partial charge < -0.3 is 9.88 Å². The van der Waals surface area contributed by atoms with Gasteiger partial charge >= 0.3 is 0 Å². The molecule has 0 aliphatic carbocycles. The Morgan fingerprint density at radius 2 is 1.91 bits per heavy atom. The van der Waals surface area contributed by atoms with Gasteiger partial charge in [0.1, 0.15) is 11.6 Å². The maximum absolute atomic E-state index is 12.7. The van der Waals surface area contributed by atoms with Crippen molar-refractivity contribution >= 4 is 28.6 Å². The SMILES string of the molecule is CCc1ccc(NC(=O)/C(C#N)=C\c2cc(C)n(-c3ccc4ncccc4c3)c2C)cc1. The first-order valence-electron chi connectivity index (χ1n) is 10.6. The molecule has 2 aromatic carbocycles. The highest BCUT2D eigenvalue weighted by molar-refractivity contribution is 6.09. The van der Waals surface area contributed by atoms with E-state index in [1.165, 1.54) is 5.56 Å². The minimum absolute atomic E-state index is 0.0625. The van der Waals surface area contributed by atoms with Crippen molar-refractivity contribution < 1.29 is 4.79 Å². The molecule has 158 valence electrons. The van der Waals surface area contributed by atoms with Crippen LogP contribution in [0.25, 0.3) is 22.7 Å². The average Bonchev–Trinajstić information content (AvgIpc) is 3.10. The van der Waals surface area contributed by atoms with Crippen molar-refractivity contribution in [3.05, 3.63) is 94.9 Å². The van der Waals surface area contributed by atoms with Gasteiger partial charge in [-0.3, -0.25) is 9.78 Å². The Balaban J connectivity index is 1.65. The molecule has 0 bridgehead atoms. The Labute approximate surface area is 187 Å². The average molecular weight is 421 g/mol. The summed E-state index contributed by atoms with van der Waals surface area (Å²) in [4.78, 5) is 17.1. The molecule has 0 aliphatic heterocycles. The molecule has 0 atom stereocenters. The second-order valence-electron chi connectivity index (χ2n) is 7.72. The lowest BCUT2D eigenvalue weighted by Gasteiger charge is -2.11. The van der Waals surface area contributed by atoms with E-state index in [0.29, 0.717) is 5.69 Å². The topological polar surface area (TPSA) is 70.7 Å². The highest BCUT2D eigenvalue weighted by Gasteiger charge is 2.14. The summed E-state index contributed by atoms with van der Waals surface area (Å²) < 4.78 is 2.12. The molecule has 5 nitrogen and oxygen atoms in total. The standard InChI is InChI=1S/C27H24N4O/c1-4-20-7-9-24(10-8-20)30-27(32)23(17-28)15-22-14-18(2)31(19(22)3)25-11-12-26-21(16-25)6-5-13-29-26/h5-16H,4H2,1-3H3,(H,30,32)/b23-15-. The Morgan fingerprint density at radius 1 is 1.12 bits per heavy atom. The van der Waals surface area contributed by atoms with Crippen LogP contribution in [0.1, 0.15) is 29.4 Å². The molecule has 0 fully saturated rings. The summed E-state index contributed by atoms with van der Waals surface area (Å²) >= 11 is 0.